The number of carbonyl (C=O) groups excluding carboxylic acids is 1. The zero-order valence-electron chi connectivity index (χ0n) is 14.9. The van der Waals surface area contributed by atoms with Crippen LogP contribution < -0.4 is 4.74 Å². The van der Waals surface area contributed by atoms with Gasteiger partial charge >= 0.3 is 0 Å². The van der Waals surface area contributed by atoms with Crippen LogP contribution in [0.3, 0.4) is 0 Å². The number of carbonyl (C=O) groups is 1. The van der Waals surface area contributed by atoms with Crippen molar-refractivity contribution in [1.82, 2.24) is 0 Å². The van der Waals surface area contributed by atoms with Crippen LogP contribution >= 0.6 is 0 Å². The fourth-order valence-electron chi connectivity index (χ4n) is 2.53. The molecule has 25 heavy (non-hydrogen) atoms. The van der Waals surface area contributed by atoms with Gasteiger partial charge in [-0.2, -0.15) is 0 Å². The maximum Gasteiger partial charge on any atom is 0.122 e. The minimum absolute atomic E-state index is 0.132. The molecule has 4 heteroatoms. The molecule has 2 aromatic rings. The van der Waals surface area contributed by atoms with Crippen LogP contribution in [0.1, 0.15) is 24.5 Å². The van der Waals surface area contributed by atoms with Gasteiger partial charge in [0.15, 0.2) is 0 Å². The first-order valence-corrected chi connectivity index (χ1v) is 8.52. The summed E-state index contributed by atoms with van der Waals surface area (Å²) in [5.74, 6) is 0.947. The third-order valence-corrected chi connectivity index (χ3v) is 4.08. The van der Waals surface area contributed by atoms with Gasteiger partial charge in [-0.05, 0) is 23.3 Å². The Morgan fingerprint density at radius 1 is 0.960 bits per heavy atom. The minimum atomic E-state index is -0.157. The van der Waals surface area contributed by atoms with Crippen molar-refractivity contribution < 1.29 is 19.0 Å². The molecular formula is C21H26O4. The van der Waals surface area contributed by atoms with Crippen LogP contribution in [-0.2, 0) is 27.5 Å². The van der Waals surface area contributed by atoms with Crippen molar-refractivity contribution >= 4 is 6.29 Å². The van der Waals surface area contributed by atoms with Gasteiger partial charge in [0.2, 0.25) is 0 Å². The zero-order chi connectivity index (χ0) is 17.9. The van der Waals surface area contributed by atoms with Gasteiger partial charge in [0.25, 0.3) is 0 Å². The fourth-order valence-corrected chi connectivity index (χ4v) is 2.53. The lowest BCUT2D eigenvalue weighted by Crippen LogP contribution is -2.26. The Labute approximate surface area is 149 Å². The summed E-state index contributed by atoms with van der Waals surface area (Å²) in [5, 5.41) is 0. The second-order valence-corrected chi connectivity index (χ2v) is 6.08. The van der Waals surface area contributed by atoms with E-state index in [4.69, 9.17) is 14.2 Å². The highest BCUT2D eigenvalue weighted by Gasteiger charge is 2.18. The van der Waals surface area contributed by atoms with Gasteiger partial charge in [0.1, 0.15) is 12.0 Å². The fraction of sp³-hybridized carbons (Fsp3) is 0.381. The predicted molar refractivity (Wildman–Crippen MR) is 97.5 cm³/mol. The molecule has 2 rings (SSSR count). The molecule has 134 valence electrons. The highest BCUT2D eigenvalue weighted by molar-refractivity contribution is 5.50. The quantitative estimate of drug-likeness (QED) is 0.579. The number of ether oxygens (including phenoxy) is 3. The van der Waals surface area contributed by atoms with E-state index in [-0.39, 0.29) is 12.0 Å². The molecule has 0 unspecified atom stereocenters. The van der Waals surface area contributed by atoms with E-state index in [9.17, 15) is 4.79 Å². The molecule has 0 radical (unpaired) electrons. The molecule has 0 amide bonds. The van der Waals surface area contributed by atoms with Gasteiger partial charge in [0.05, 0.1) is 33.0 Å². The zero-order valence-corrected chi connectivity index (χ0v) is 14.9. The molecule has 0 bridgehead atoms. The van der Waals surface area contributed by atoms with Crippen molar-refractivity contribution in [2.45, 2.75) is 32.7 Å². The molecule has 0 saturated carbocycles. The van der Waals surface area contributed by atoms with E-state index in [2.05, 4.69) is 0 Å². The Hall–Kier alpha value is -2.17. The van der Waals surface area contributed by atoms with E-state index in [1.54, 1.807) is 7.11 Å². The molecule has 2 atom stereocenters. The van der Waals surface area contributed by atoms with Crippen LogP contribution in [-0.4, -0.2) is 26.1 Å². The first kappa shape index (κ1) is 19.2. The van der Waals surface area contributed by atoms with Crippen molar-refractivity contribution in [1.29, 1.82) is 0 Å². The summed E-state index contributed by atoms with van der Waals surface area (Å²) in [5.41, 5.74) is 2.19. The molecule has 0 aliphatic rings. The van der Waals surface area contributed by atoms with Gasteiger partial charge in [-0.15, -0.1) is 0 Å². The van der Waals surface area contributed by atoms with E-state index in [1.165, 1.54) is 0 Å². The molecule has 0 heterocycles. The first-order chi connectivity index (χ1) is 12.2. The second-order valence-electron chi connectivity index (χ2n) is 6.08. The Morgan fingerprint density at radius 3 is 2.28 bits per heavy atom. The summed E-state index contributed by atoms with van der Waals surface area (Å²) < 4.78 is 16.9. The lowest BCUT2D eigenvalue weighted by molar-refractivity contribution is -0.112. The van der Waals surface area contributed by atoms with Crippen LogP contribution in [0, 0.1) is 5.92 Å². The molecule has 0 aromatic heterocycles. The average molecular weight is 342 g/mol. The van der Waals surface area contributed by atoms with Crippen LogP contribution in [0.15, 0.2) is 54.6 Å². The van der Waals surface area contributed by atoms with Crippen molar-refractivity contribution in [3.63, 3.8) is 0 Å². The molecule has 0 spiro atoms. The summed E-state index contributed by atoms with van der Waals surface area (Å²) in [6.45, 7) is 3.63. The van der Waals surface area contributed by atoms with E-state index in [0.717, 1.165) is 23.2 Å². The number of hydrogen-bond donors (Lipinski definition) is 0. The topological polar surface area (TPSA) is 44.8 Å². The summed E-state index contributed by atoms with van der Waals surface area (Å²) >= 11 is 0. The summed E-state index contributed by atoms with van der Waals surface area (Å²) in [4.78, 5) is 11.0. The van der Waals surface area contributed by atoms with Gasteiger partial charge in [-0.3, -0.25) is 0 Å². The van der Waals surface area contributed by atoms with E-state index >= 15 is 0 Å². The number of rotatable bonds is 11. The third kappa shape index (κ3) is 6.69. The molecule has 0 aliphatic carbocycles. The Bertz CT molecular complexity index is 610. The summed E-state index contributed by atoms with van der Waals surface area (Å²) in [6, 6.07) is 17.8. The third-order valence-electron chi connectivity index (χ3n) is 4.08. The van der Waals surface area contributed by atoms with Gasteiger partial charge in [0, 0.05) is 12.3 Å². The van der Waals surface area contributed by atoms with Crippen LogP contribution in [0.2, 0.25) is 0 Å². The van der Waals surface area contributed by atoms with Crippen molar-refractivity contribution in [2.24, 2.45) is 5.92 Å². The lowest BCUT2D eigenvalue weighted by atomic mass is 10.0. The monoisotopic (exact) mass is 342 g/mol. The summed E-state index contributed by atoms with van der Waals surface area (Å²) in [6.07, 6.45) is 1.12. The Balaban J connectivity index is 1.80. The molecule has 0 saturated heterocycles. The Kier molecular flexibility index (Phi) is 8.16. The SMILES string of the molecule is COc1ccc(CO[C@H](CC=O)[C@@H](C)COCc2ccccc2)cc1. The number of hydrogen-bond acceptors (Lipinski definition) is 4. The molecule has 0 N–H and O–H groups in total. The molecule has 0 fully saturated rings. The maximum absolute atomic E-state index is 11.0. The smallest absolute Gasteiger partial charge is 0.122 e. The van der Waals surface area contributed by atoms with Crippen molar-refractivity contribution in [2.75, 3.05) is 13.7 Å². The second kappa shape index (κ2) is 10.6. The number of aldehydes is 1. The summed E-state index contributed by atoms with van der Waals surface area (Å²) in [7, 11) is 1.64. The predicted octanol–water partition coefficient (Wildman–Crippen LogP) is 4.02. The van der Waals surface area contributed by atoms with Gasteiger partial charge in [-0.1, -0.05) is 49.4 Å². The van der Waals surface area contributed by atoms with Crippen LogP contribution in [0.4, 0.5) is 0 Å². The normalized spacial score (nSPS) is 13.2. The average Bonchev–Trinajstić information content (AvgIpc) is 2.66. The number of methoxy groups -OCH3 is 1. The Morgan fingerprint density at radius 2 is 1.64 bits per heavy atom. The van der Waals surface area contributed by atoms with Crippen molar-refractivity contribution in [3.8, 4) is 5.75 Å². The standard InChI is InChI=1S/C21H26O4/c1-17(14-24-15-18-6-4-3-5-7-18)21(12-13-22)25-16-19-8-10-20(23-2)11-9-19/h3-11,13,17,21H,12,14-16H2,1-2H3/t17-,21+/m0/s1. The number of benzene rings is 2. The maximum atomic E-state index is 11.0. The van der Waals surface area contributed by atoms with Crippen LogP contribution in [0.5, 0.6) is 5.75 Å². The van der Waals surface area contributed by atoms with Gasteiger partial charge < -0.3 is 19.0 Å². The van der Waals surface area contributed by atoms with E-state index in [1.807, 2.05) is 61.5 Å². The van der Waals surface area contributed by atoms with E-state index in [0.29, 0.717) is 26.2 Å². The molecular weight excluding hydrogens is 316 g/mol. The highest BCUT2D eigenvalue weighted by atomic mass is 16.5. The lowest BCUT2D eigenvalue weighted by Gasteiger charge is -2.23. The van der Waals surface area contributed by atoms with Crippen molar-refractivity contribution in [3.05, 3.63) is 65.7 Å². The highest BCUT2D eigenvalue weighted by Crippen LogP contribution is 2.17. The largest absolute Gasteiger partial charge is 0.497 e. The first-order valence-electron chi connectivity index (χ1n) is 8.52. The molecule has 2 aromatic carbocycles. The van der Waals surface area contributed by atoms with Crippen LogP contribution in [0.25, 0.3) is 0 Å². The molecule has 0 aliphatic heterocycles. The van der Waals surface area contributed by atoms with Gasteiger partial charge in [-0.25, -0.2) is 0 Å². The minimum Gasteiger partial charge on any atom is -0.497 e. The van der Waals surface area contributed by atoms with E-state index < -0.39 is 0 Å². The molecule has 4 nitrogen and oxygen atoms in total.